The van der Waals surface area contributed by atoms with Gasteiger partial charge in [-0.2, -0.15) is 0 Å². The van der Waals surface area contributed by atoms with Crippen molar-refractivity contribution >= 4 is 35.2 Å². The monoisotopic (exact) mass is 799 g/mol. The number of fused-ring (bicyclic) bond motifs is 3. The molecular formula is C41H38IrN2OSi-2. The Balaban J connectivity index is 0.000000204. The van der Waals surface area contributed by atoms with E-state index >= 15 is 0 Å². The first-order valence-corrected chi connectivity index (χ1v) is 18.6. The molecule has 0 spiro atoms. The van der Waals surface area contributed by atoms with Crippen molar-refractivity contribution < 1.29 is 30.0 Å². The maximum absolute atomic E-state index is 8.44. The third kappa shape index (κ3) is 7.13. The number of hydrogen-bond acceptors (Lipinski definition) is 3. The smallest absolute Gasteiger partial charge is 0.121 e. The molecule has 0 aliphatic rings. The zero-order valence-electron chi connectivity index (χ0n) is 30.6. The number of rotatable bonds is 5. The van der Waals surface area contributed by atoms with Gasteiger partial charge in [0, 0.05) is 43.4 Å². The summed E-state index contributed by atoms with van der Waals surface area (Å²) in [5.74, 6) is -0.609. The van der Waals surface area contributed by atoms with Crippen LogP contribution >= 0.6 is 0 Å². The fourth-order valence-corrected chi connectivity index (χ4v) is 7.06. The normalized spacial score (nSPS) is 13.1. The van der Waals surface area contributed by atoms with Crippen LogP contribution in [-0.4, -0.2) is 18.0 Å². The second-order valence-corrected chi connectivity index (χ2v) is 17.4. The molecule has 7 rings (SSSR count). The van der Waals surface area contributed by atoms with Crippen LogP contribution in [0, 0.1) is 19.0 Å². The van der Waals surface area contributed by atoms with E-state index < -0.39 is 20.8 Å². The Labute approximate surface area is 292 Å². The van der Waals surface area contributed by atoms with Crippen LogP contribution in [0.15, 0.2) is 120 Å². The molecule has 0 saturated heterocycles. The van der Waals surface area contributed by atoms with E-state index in [1.54, 1.807) is 6.07 Å². The van der Waals surface area contributed by atoms with Crippen LogP contribution in [-0.2, 0) is 20.1 Å². The minimum atomic E-state index is -2.19. The zero-order chi connectivity index (χ0) is 35.0. The maximum Gasteiger partial charge on any atom is 0.121 e. The topological polar surface area (TPSA) is 38.9 Å². The van der Waals surface area contributed by atoms with Crippen LogP contribution < -0.4 is 5.19 Å². The summed E-state index contributed by atoms with van der Waals surface area (Å²) in [5, 5.41) is 3.23. The molecule has 5 heteroatoms. The molecule has 0 unspecified atom stereocenters. The first-order valence-electron chi connectivity index (χ1n) is 17.1. The summed E-state index contributed by atoms with van der Waals surface area (Å²) < 4.78 is 37.6. The van der Waals surface area contributed by atoms with Gasteiger partial charge in [-0.25, -0.2) is 0 Å². The van der Waals surface area contributed by atoms with Gasteiger partial charge < -0.3 is 14.4 Å². The predicted octanol–water partition coefficient (Wildman–Crippen LogP) is 10.6. The van der Waals surface area contributed by atoms with Gasteiger partial charge in [-0.05, 0) is 52.6 Å². The first-order chi connectivity index (χ1) is 23.2. The molecule has 233 valence electrons. The number of nitrogens with zero attached hydrogens (tertiary/aromatic N) is 2. The molecule has 7 aromatic rings. The number of pyridine rings is 2. The molecule has 0 bridgehead atoms. The molecule has 3 heterocycles. The van der Waals surface area contributed by atoms with Crippen LogP contribution in [0.1, 0.15) is 36.4 Å². The molecule has 0 saturated carbocycles. The van der Waals surface area contributed by atoms with E-state index in [1.165, 1.54) is 17.4 Å². The number of furan rings is 1. The van der Waals surface area contributed by atoms with Crippen molar-refractivity contribution in [2.24, 2.45) is 0 Å². The molecule has 46 heavy (non-hydrogen) atoms. The summed E-state index contributed by atoms with van der Waals surface area (Å²) in [5.41, 5.74) is 8.05. The molecule has 1 radical (unpaired) electrons. The van der Waals surface area contributed by atoms with Gasteiger partial charge in [0.15, 0.2) is 0 Å². The van der Waals surface area contributed by atoms with E-state index in [0.29, 0.717) is 16.8 Å². The van der Waals surface area contributed by atoms with E-state index in [-0.39, 0.29) is 25.7 Å². The zero-order valence-corrected chi connectivity index (χ0v) is 30.0. The van der Waals surface area contributed by atoms with Gasteiger partial charge >= 0.3 is 0 Å². The number of aromatic nitrogens is 2. The van der Waals surface area contributed by atoms with Gasteiger partial charge in [0.1, 0.15) is 5.58 Å². The van der Waals surface area contributed by atoms with E-state index in [9.17, 15) is 0 Å². The van der Waals surface area contributed by atoms with Crippen LogP contribution in [0.4, 0.5) is 0 Å². The Morgan fingerprint density at radius 3 is 2.30 bits per heavy atom. The minimum absolute atomic E-state index is 0. The second-order valence-electron chi connectivity index (χ2n) is 12.3. The summed E-state index contributed by atoms with van der Waals surface area (Å²) in [7, 11) is -1.50. The van der Waals surface area contributed by atoms with Crippen molar-refractivity contribution in [2.75, 3.05) is 0 Å². The second kappa shape index (κ2) is 14.1. The molecule has 4 aromatic carbocycles. The summed E-state index contributed by atoms with van der Waals surface area (Å²) >= 11 is 0. The molecule has 3 aromatic heterocycles. The van der Waals surface area contributed by atoms with Gasteiger partial charge in [-0.15, -0.1) is 54.1 Å². The predicted molar refractivity (Wildman–Crippen MR) is 192 cm³/mol. The summed E-state index contributed by atoms with van der Waals surface area (Å²) in [6.45, 7) is 8.60. The van der Waals surface area contributed by atoms with Gasteiger partial charge in [0.05, 0.1) is 13.7 Å². The first kappa shape index (κ1) is 28.1. The van der Waals surface area contributed by atoms with Crippen LogP contribution in [0.25, 0.3) is 55.6 Å². The van der Waals surface area contributed by atoms with Crippen LogP contribution in [0.2, 0.25) is 19.6 Å². The van der Waals surface area contributed by atoms with E-state index in [1.807, 2.05) is 80.7 Å². The SMILES string of the molecule is [2H]C(C)(C)c1cc(-c2[c-]cccc2)ncc1[Si](C)(C)C.[2H]C([2H])([2H])c1ccnc(-c2[c-]ccc3c2oc2cc(-c4ccccc4)ccc23)c1.[Ir]. The van der Waals surface area contributed by atoms with Gasteiger partial charge in [-0.1, -0.05) is 110 Å². The molecule has 0 aliphatic heterocycles. The van der Waals surface area contributed by atoms with Gasteiger partial charge in [0.25, 0.3) is 0 Å². The number of aryl methyl sites for hydroxylation is 1. The fourth-order valence-electron chi connectivity index (χ4n) is 5.48. The minimum Gasteiger partial charge on any atom is -0.501 e. The van der Waals surface area contributed by atoms with Gasteiger partial charge in [0.2, 0.25) is 0 Å². The van der Waals surface area contributed by atoms with Crippen molar-refractivity contribution in [1.82, 2.24) is 9.97 Å². The third-order valence-electron chi connectivity index (χ3n) is 7.79. The van der Waals surface area contributed by atoms with E-state index in [0.717, 1.165) is 44.3 Å². The number of hydrogen-bond donors (Lipinski definition) is 0. The Bertz CT molecular complexity index is 2240. The van der Waals surface area contributed by atoms with E-state index in [4.69, 9.17) is 9.90 Å². The Hall–Kier alpha value is -4.15. The molecule has 0 aliphatic carbocycles. The Morgan fingerprint density at radius 1 is 0.783 bits per heavy atom. The number of benzene rings is 4. The standard InChI is InChI=1S/C24H16NO.C17H22NSi.Ir/c1-16-12-13-25-22(14-16)21-9-5-8-20-19-11-10-18(15-23(19)26-24(20)21)17-6-3-2-4-7-17;1-13(2)15-11-16(14-9-7-6-8-10-14)18-12-17(15)19(3,4)5;/h2-8,10-15H,1H3;6-9,11-13H,1-5H3;/q2*-1;/i1D3;13D;. The molecule has 0 fully saturated rings. The van der Waals surface area contributed by atoms with Crippen LogP contribution in [0.3, 0.4) is 0 Å². The van der Waals surface area contributed by atoms with Crippen molar-refractivity contribution in [1.29, 1.82) is 0 Å². The van der Waals surface area contributed by atoms with Crippen molar-refractivity contribution in [3.8, 4) is 33.6 Å². The Morgan fingerprint density at radius 2 is 1.59 bits per heavy atom. The molecule has 0 atom stereocenters. The average molecular weight is 799 g/mol. The fraction of sp³-hybridized carbons (Fsp3) is 0.171. The third-order valence-corrected chi connectivity index (χ3v) is 9.81. The van der Waals surface area contributed by atoms with Gasteiger partial charge in [-0.3, -0.25) is 0 Å². The average Bonchev–Trinajstić information content (AvgIpc) is 3.46. The Kier molecular flexibility index (Phi) is 8.61. The van der Waals surface area contributed by atoms with E-state index in [2.05, 4.69) is 72.1 Å². The van der Waals surface area contributed by atoms with Crippen molar-refractivity contribution in [3.05, 3.63) is 139 Å². The van der Waals surface area contributed by atoms with Crippen LogP contribution in [0.5, 0.6) is 0 Å². The quantitative estimate of drug-likeness (QED) is 0.129. The van der Waals surface area contributed by atoms with Crippen molar-refractivity contribution in [3.63, 3.8) is 0 Å². The summed E-state index contributed by atoms with van der Waals surface area (Å²) in [4.78, 5) is 8.98. The maximum atomic E-state index is 8.44. The summed E-state index contributed by atoms with van der Waals surface area (Å²) in [6, 6.07) is 39.5. The summed E-state index contributed by atoms with van der Waals surface area (Å²) in [6.07, 6.45) is 3.49. The molecular weight excluding hydrogens is 757 g/mol. The molecule has 3 nitrogen and oxygen atoms in total. The molecule has 0 amide bonds. The van der Waals surface area contributed by atoms with Crippen molar-refractivity contribution in [2.45, 2.75) is 46.2 Å². The molecule has 0 N–H and O–H groups in total. The largest absolute Gasteiger partial charge is 0.501 e.